The molecule has 7 rings (SSSR count). The molecule has 2 aromatic carbocycles. The van der Waals surface area contributed by atoms with Gasteiger partial charge in [-0.3, -0.25) is 9.59 Å². The highest BCUT2D eigenvalue weighted by Crippen LogP contribution is 2.55. The largest absolute Gasteiger partial charge is 0.445 e. The molecule has 0 radical (unpaired) electrons. The van der Waals surface area contributed by atoms with Gasteiger partial charge < -0.3 is 21.1 Å². The maximum atomic E-state index is 13.4. The fraction of sp³-hybridized carbons (Fsp3) is 0.545. The summed E-state index contributed by atoms with van der Waals surface area (Å²) in [5, 5.41) is 6.08. The third-order valence-corrected chi connectivity index (χ3v) is 10.1. The number of alkyl carbamates (subject to hydrolysis) is 1. The zero-order valence-corrected chi connectivity index (χ0v) is 23.4. The molecule has 4 bridgehead atoms. The van der Waals surface area contributed by atoms with Gasteiger partial charge in [0.05, 0.1) is 0 Å². The Hall–Kier alpha value is -3.42. The third-order valence-electron chi connectivity index (χ3n) is 10.1. The van der Waals surface area contributed by atoms with E-state index in [-0.39, 0.29) is 36.0 Å². The van der Waals surface area contributed by atoms with E-state index in [0.29, 0.717) is 12.0 Å². The highest BCUT2D eigenvalue weighted by atomic mass is 19.1. The van der Waals surface area contributed by atoms with Crippen LogP contribution in [0.15, 0.2) is 48.5 Å². The number of ether oxygens (including phenoxy) is 1. The molecule has 5 aliphatic carbocycles. The number of carbonyl (C=O) groups excluding carboxylic acids is 3. The van der Waals surface area contributed by atoms with E-state index in [4.69, 9.17) is 10.5 Å². The van der Waals surface area contributed by atoms with Crippen LogP contribution >= 0.6 is 0 Å². The molecule has 0 spiro atoms. The number of hydrogen-bond donors (Lipinski definition) is 3. The van der Waals surface area contributed by atoms with Crippen LogP contribution in [0.25, 0.3) is 0 Å². The normalized spacial score (nSPS) is 30.8. The van der Waals surface area contributed by atoms with Gasteiger partial charge >= 0.3 is 6.09 Å². The summed E-state index contributed by atoms with van der Waals surface area (Å²) < 4.78 is 19.0. The van der Waals surface area contributed by atoms with E-state index < -0.39 is 17.8 Å². The molecule has 3 amide bonds. The monoisotopic (exact) mass is 561 g/mol. The molecule has 0 heterocycles. The smallest absolute Gasteiger partial charge is 0.407 e. The Morgan fingerprint density at radius 3 is 2.12 bits per heavy atom. The average Bonchev–Trinajstić information content (AvgIpc) is 2.94. The lowest BCUT2D eigenvalue weighted by Gasteiger charge is -2.56. The molecule has 5 saturated carbocycles. The lowest BCUT2D eigenvalue weighted by atomic mass is 9.53. The Morgan fingerprint density at radius 2 is 1.51 bits per heavy atom. The summed E-state index contributed by atoms with van der Waals surface area (Å²) in [4.78, 5) is 38.3. The van der Waals surface area contributed by atoms with E-state index in [1.54, 1.807) is 0 Å². The predicted molar refractivity (Wildman–Crippen MR) is 152 cm³/mol. The minimum atomic E-state index is -1.02. The molecule has 0 saturated heterocycles. The van der Waals surface area contributed by atoms with E-state index >= 15 is 0 Å². The second kappa shape index (κ2) is 11.5. The van der Waals surface area contributed by atoms with Crippen LogP contribution in [0.1, 0.15) is 92.9 Å². The predicted octanol–water partition coefficient (Wildman–Crippen LogP) is 5.64. The lowest BCUT2D eigenvalue weighted by molar-refractivity contribution is -0.131. The standard InChI is InChI=1S/C33H40FN3O4/c34-26-11-9-25(10-12-26)29(30(35)38)36-31(39)28-4-2-1-3-27(28)24-7-5-20(6-8-24)19-41-32(40)37-33-16-21-13-22(17-33)15-23(14-21)18-33/h5-12,21-23,27-29H,1-4,13-19H2,(H2,35,38)(H,36,39)(H,37,40). The van der Waals surface area contributed by atoms with Crippen molar-refractivity contribution in [2.75, 3.05) is 0 Å². The molecule has 218 valence electrons. The topological polar surface area (TPSA) is 111 Å². The van der Waals surface area contributed by atoms with Gasteiger partial charge in [-0.2, -0.15) is 0 Å². The first-order chi connectivity index (χ1) is 19.8. The van der Waals surface area contributed by atoms with Crippen LogP contribution in [0, 0.1) is 29.5 Å². The first kappa shape index (κ1) is 27.7. The Kier molecular flexibility index (Phi) is 7.75. The molecule has 0 aromatic heterocycles. The van der Waals surface area contributed by atoms with Crippen molar-refractivity contribution in [3.8, 4) is 0 Å². The van der Waals surface area contributed by atoms with E-state index in [1.165, 1.54) is 43.5 Å². The summed E-state index contributed by atoms with van der Waals surface area (Å²) in [6.07, 6.45) is 10.4. The molecule has 7 nitrogen and oxygen atoms in total. The van der Waals surface area contributed by atoms with Crippen molar-refractivity contribution in [1.29, 1.82) is 0 Å². The van der Waals surface area contributed by atoms with Gasteiger partial charge in [0.15, 0.2) is 0 Å². The van der Waals surface area contributed by atoms with Gasteiger partial charge in [-0.15, -0.1) is 0 Å². The number of nitrogens with one attached hydrogen (secondary N) is 2. The van der Waals surface area contributed by atoms with Crippen molar-refractivity contribution in [1.82, 2.24) is 10.6 Å². The Labute approximate surface area is 240 Å². The van der Waals surface area contributed by atoms with Gasteiger partial charge in [0.25, 0.3) is 0 Å². The summed E-state index contributed by atoms with van der Waals surface area (Å²) >= 11 is 0. The molecular formula is C33H40FN3O4. The van der Waals surface area contributed by atoms with Crippen molar-refractivity contribution in [2.45, 2.75) is 88.3 Å². The van der Waals surface area contributed by atoms with Gasteiger partial charge in [0.2, 0.25) is 11.8 Å². The van der Waals surface area contributed by atoms with Crippen LogP contribution in [0.2, 0.25) is 0 Å². The van der Waals surface area contributed by atoms with Crippen LogP contribution in [-0.2, 0) is 20.9 Å². The highest BCUT2D eigenvalue weighted by Gasteiger charge is 2.51. The number of hydrogen-bond acceptors (Lipinski definition) is 4. The zero-order valence-electron chi connectivity index (χ0n) is 23.4. The number of rotatable bonds is 8. The van der Waals surface area contributed by atoms with E-state index in [1.807, 2.05) is 24.3 Å². The Balaban J connectivity index is 1.06. The van der Waals surface area contributed by atoms with E-state index in [2.05, 4.69) is 10.6 Å². The molecule has 41 heavy (non-hydrogen) atoms. The highest BCUT2D eigenvalue weighted by molar-refractivity contribution is 5.89. The quantitative estimate of drug-likeness (QED) is 0.388. The maximum absolute atomic E-state index is 13.4. The van der Waals surface area contributed by atoms with Crippen molar-refractivity contribution >= 4 is 17.9 Å². The minimum Gasteiger partial charge on any atom is -0.445 e. The van der Waals surface area contributed by atoms with Crippen molar-refractivity contribution < 1.29 is 23.5 Å². The first-order valence-electron chi connectivity index (χ1n) is 15.2. The van der Waals surface area contributed by atoms with Crippen LogP contribution in [0.4, 0.5) is 9.18 Å². The van der Waals surface area contributed by atoms with Crippen LogP contribution in [-0.4, -0.2) is 23.4 Å². The van der Waals surface area contributed by atoms with Gasteiger partial charge in [-0.1, -0.05) is 49.2 Å². The van der Waals surface area contributed by atoms with Crippen LogP contribution in [0.5, 0.6) is 0 Å². The second-order valence-electron chi connectivity index (χ2n) is 13.0. The summed E-state index contributed by atoms with van der Waals surface area (Å²) in [5.41, 5.74) is 7.92. The fourth-order valence-electron chi connectivity index (χ4n) is 8.59. The molecule has 3 atom stereocenters. The van der Waals surface area contributed by atoms with Crippen LogP contribution < -0.4 is 16.4 Å². The summed E-state index contributed by atoms with van der Waals surface area (Å²) in [5.74, 6) is 0.621. The van der Waals surface area contributed by atoms with Crippen molar-refractivity contribution in [2.24, 2.45) is 29.4 Å². The van der Waals surface area contributed by atoms with Gasteiger partial charge in [0.1, 0.15) is 18.5 Å². The lowest BCUT2D eigenvalue weighted by Crippen LogP contribution is -2.59. The molecular weight excluding hydrogens is 521 g/mol. The molecule has 0 aliphatic heterocycles. The molecule has 3 unspecified atom stereocenters. The molecule has 5 aliphatic rings. The van der Waals surface area contributed by atoms with Crippen molar-refractivity contribution in [3.63, 3.8) is 0 Å². The summed E-state index contributed by atoms with van der Waals surface area (Å²) in [6, 6.07) is 12.4. The summed E-state index contributed by atoms with van der Waals surface area (Å²) in [6.45, 7) is 0.199. The SMILES string of the molecule is NC(=O)C(NC(=O)C1CCCCC1c1ccc(COC(=O)NC23CC4CC(CC(C4)C2)C3)cc1)c1ccc(F)cc1. The third kappa shape index (κ3) is 6.11. The second-order valence-corrected chi connectivity index (χ2v) is 13.0. The van der Waals surface area contributed by atoms with Gasteiger partial charge in [0, 0.05) is 11.5 Å². The number of primary amides is 1. The van der Waals surface area contributed by atoms with E-state index in [0.717, 1.165) is 67.4 Å². The zero-order chi connectivity index (χ0) is 28.6. The first-order valence-corrected chi connectivity index (χ1v) is 15.2. The Morgan fingerprint density at radius 1 is 0.902 bits per heavy atom. The van der Waals surface area contributed by atoms with E-state index in [9.17, 15) is 18.8 Å². The minimum absolute atomic E-state index is 0.000143. The van der Waals surface area contributed by atoms with Gasteiger partial charge in [-0.25, -0.2) is 9.18 Å². The van der Waals surface area contributed by atoms with Gasteiger partial charge in [-0.05, 0) is 104 Å². The van der Waals surface area contributed by atoms with Crippen molar-refractivity contribution in [3.05, 3.63) is 71.0 Å². The number of amides is 3. The molecule has 2 aromatic rings. The number of carbonyl (C=O) groups is 3. The Bertz CT molecular complexity index is 1240. The van der Waals surface area contributed by atoms with Crippen LogP contribution in [0.3, 0.4) is 0 Å². The molecule has 5 fully saturated rings. The number of nitrogens with two attached hydrogens (primary N) is 1. The summed E-state index contributed by atoms with van der Waals surface area (Å²) in [7, 11) is 0. The average molecular weight is 562 g/mol. The fourth-order valence-corrected chi connectivity index (χ4v) is 8.59. The molecule has 8 heteroatoms. The maximum Gasteiger partial charge on any atom is 0.407 e. The number of halogens is 1. The number of benzene rings is 2. The molecule has 4 N–H and O–H groups in total.